The van der Waals surface area contributed by atoms with E-state index in [0.29, 0.717) is 5.54 Å². The molecule has 0 aliphatic rings. The van der Waals surface area contributed by atoms with Crippen molar-refractivity contribution < 1.29 is 0 Å². The van der Waals surface area contributed by atoms with E-state index in [1.54, 1.807) is 0 Å². The summed E-state index contributed by atoms with van der Waals surface area (Å²) in [5.74, 6) is 0.829. The van der Waals surface area contributed by atoms with Crippen LogP contribution in [0.2, 0.25) is 0 Å². The van der Waals surface area contributed by atoms with Gasteiger partial charge in [-0.25, -0.2) is 0 Å². The third-order valence-electron chi connectivity index (χ3n) is 3.67. The molecule has 0 aliphatic carbocycles. The summed E-state index contributed by atoms with van der Waals surface area (Å²) >= 11 is 0. The van der Waals surface area contributed by atoms with Crippen LogP contribution in [0.5, 0.6) is 0 Å². The third-order valence-corrected chi connectivity index (χ3v) is 3.67. The van der Waals surface area contributed by atoms with Gasteiger partial charge in [-0.3, -0.25) is 0 Å². The van der Waals surface area contributed by atoms with Gasteiger partial charge in [-0.15, -0.1) is 0 Å². The molecule has 0 saturated carbocycles. The fourth-order valence-electron chi connectivity index (χ4n) is 2.18. The van der Waals surface area contributed by atoms with Gasteiger partial charge < -0.3 is 5.32 Å². The smallest absolute Gasteiger partial charge is 0.0176 e. The average Bonchev–Trinajstić information content (AvgIpc) is 2.23. The Bertz CT molecular complexity index is 136. The summed E-state index contributed by atoms with van der Waals surface area (Å²) < 4.78 is 0. The van der Waals surface area contributed by atoms with Crippen LogP contribution in [0.25, 0.3) is 0 Å². The first-order valence-corrected chi connectivity index (χ1v) is 6.79. The van der Waals surface area contributed by atoms with E-state index in [1.807, 2.05) is 0 Å². The molecular weight excluding hydrogens is 182 g/mol. The lowest BCUT2D eigenvalue weighted by atomic mass is 9.83. The minimum Gasteiger partial charge on any atom is -0.314 e. The predicted molar refractivity (Wildman–Crippen MR) is 70.3 cm³/mol. The molecule has 1 heteroatoms. The standard InChI is InChI=1S/C14H31N/c1-6-8-9-11-14(7-2,15-5)12-10-13(3)4/h13,15H,6-12H2,1-5H3. The quantitative estimate of drug-likeness (QED) is 0.561. The zero-order valence-corrected chi connectivity index (χ0v) is 11.5. The van der Waals surface area contributed by atoms with E-state index < -0.39 is 0 Å². The highest BCUT2D eigenvalue weighted by molar-refractivity contribution is 4.85. The molecule has 1 nitrogen and oxygen atoms in total. The number of rotatable bonds is 9. The molecule has 0 aromatic rings. The molecule has 0 aromatic carbocycles. The highest BCUT2D eigenvalue weighted by Crippen LogP contribution is 2.26. The monoisotopic (exact) mass is 213 g/mol. The fourth-order valence-corrected chi connectivity index (χ4v) is 2.18. The lowest BCUT2D eigenvalue weighted by molar-refractivity contribution is 0.262. The van der Waals surface area contributed by atoms with Crippen molar-refractivity contribution in [1.29, 1.82) is 0 Å². The molecule has 0 spiro atoms. The van der Waals surface area contributed by atoms with Gasteiger partial charge in [0.25, 0.3) is 0 Å². The fraction of sp³-hybridized carbons (Fsp3) is 1.00. The van der Waals surface area contributed by atoms with Gasteiger partial charge in [0.2, 0.25) is 0 Å². The molecule has 1 atom stereocenters. The van der Waals surface area contributed by atoms with Crippen molar-refractivity contribution in [1.82, 2.24) is 5.32 Å². The highest BCUT2D eigenvalue weighted by Gasteiger charge is 2.24. The molecular formula is C14H31N. The second-order valence-corrected chi connectivity index (χ2v) is 5.27. The molecule has 92 valence electrons. The lowest BCUT2D eigenvalue weighted by Crippen LogP contribution is -2.42. The summed E-state index contributed by atoms with van der Waals surface area (Å²) in [6.07, 6.45) is 9.38. The van der Waals surface area contributed by atoms with Gasteiger partial charge in [0.1, 0.15) is 0 Å². The first kappa shape index (κ1) is 15.0. The predicted octanol–water partition coefficient (Wildman–Crippen LogP) is 4.37. The van der Waals surface area contributed by atoms with Crippen molar-refractivity contribution in [2.24, 2.45) is 5.92 Å². The van der Waals surface area contributed by atoms with Crippen molar-refractivity contribution in [3.63, 3.8) is 0 Å². The molecule has 15 heavy (non-hydrogen) atoms. The van der Waals surface area contributed by atoms with E-state index in [1.165, 1.54) is 44.9 Å². The van der Waals surface area contributed by atoms with Crippen LogP contribution in [0.4, 0.5) is 0 Å². The lowest BCUT2D eigenvalue weighted by Gasteiger charge is -2.33. The summed E-state index contributed by atoms with van der Waals surface area (Å²) in [6, 6.07) is 0. The second-order valence-electron chi connectivity index (χ2n) is 5.27. The second kappa shape index (κ2) is 8.15. The van der Waals surface area contributed by atoms with Crippen LogP contribution in [-0.4, -0.2) is 12.6 Å². The van der Waals surface area contributed by atoms with Crippen molar-refractivity contribution >= 4 is 0 Å². The van der Waals surface area contributed by atoms with Crippen LogP contribution >= 0.6 is 0 Å². The van der Waals surface area contributed by atoms with Crippen LogP contribution in [0.15, 0.2) is 0 Å². The maximum Gasteiger partial charge on any atom is 0.0176 e. The van der Waals surface area contributed by atoms with Crippen LogP contribution in [0.1, 0.15) is 72.6 Å². The zero-order valence-electron chi connectivity index (χ0n) is 11.5. The Morgan fingerprint density at radius 2 is 1.73 bits per heavy atom. The van der Waals surface area contributed by atoms with Crippen molar-refractivity contribution in [3.8, 4) is 0 Å². The van der Waals surface area contributed by atoms with E-state index in [2.05, 4.69) is 40.1 Å². The Morgan fingerprint density at radius 1 is 1.07 bits per heavy atom. The van der Waals surface area contributed by atoms with Gasteiger partial charge in [-0.05, 0) is 38.6 Å². The van der Waals surface area contributed by atoms with Crippen LogP contribution < -0.4 is 5.32 Å². The Balaban J connectivity index is 4.05. The summed E-state index contributed by atoms with van der Waals surface area (Å²) in [5, 5.41) is 3.58. The molecule has 0 bridgehead atoms. The number of nitrogens with one attached hydrogen (secondary N) is 1. The maximum absolute atomic E-state index is 3.58. The van der Waals surface area contributed by atoms with Crippen LogP contribution in [0.3, 0.4) is 0 Å². The number of hydrogen-bond acceptors (Lipinski definition) is 1. The van der Waals surface area contributed by atoms with Crippen LogP contribution in [0, 0.1) is 5.92 Å². The molecule has 1 unspecified atom stereocenters. The first-order chi connectivity index (χ1) is 7.10. The van der Waals surface area contributed by atoms with Crippen LogP contribution in [-0.2, 0) is 0 Å². The molecule has 0 saturated heterocycles. The minimum absolute atomic E-state index is 0.416. The minimum atomic E-state index is 0.416. The molecule has 0 heterocycles. The highest BCUT2D eigenvalue weighted by atomic mass is 14.9. The summed E-state index contributed by atoms with van der Waals surface area (Å²) in [6.45, 7) is 9.24. The van der Waals surface area contributed by atoms with E-state index in [4.69, 9.17) is 0 Å². The molecule has 0 amide bonds. The Labute approximate surface area is 97.0 Å². The molecule has 0 radical (unpaired) electrons. The molecule has 0 aromatic heterocycles. The maximum atomic E-state index is 3.58. The zero-order chi connectivity index (χ0) is 11.7. The van der Waals surface area contributed by atoms with Gasteiger partial charge >= 0.3 is 0 Å². The Morgan fingerprint density at radius 3 is 2.13 bits per heavy atom. The normalized spacial score (nSPS) is 15.6. The van der Waals surface area contributed by atoms with Gasteiger partial charge in [-0.2, -0.15) is 0 Å². The number of hydrogen-bond donors (Lipinski definition) is 1. The third kappa shape index (κ3) is 6.19. The molecule has 0 aliphatic heterocycles. The Kier molecular flexibility index (Phi) is 8.13. The molecule has 1 N–H and O–H groups in total. The van der Waals surface area contributed by atoms with E-state index >= 15 is 0 Å². The largest absolute Gasteiger partial charge is 0.314 e. The average molecular weight is 213 g/mol. The van der Waals surface area contributed by atoms with Gasteiger partial charge in [0.05, 0.1) is 0 Å². The van der Waals surface area contributed by atoms with Crippen molar-refractivity contribution in [3.05, 3.63) is 0 Å². The molecule has 0 fully saturated rings. The number of unbranched alkanes of at least 4 members (excludes halogenated alkanes) is 2. The van der Waals surface area contributed by atoms with Crippen molar-refractivity contribution in [2.45, 2.75) is 78.2 Å². The summed E-state index contributed by atoms with van der Waals surface area (Å²) in [7, 11) is 2.13. The topological polar surface area (TPSA) is 12.0 Å². The van der Waals surface area contributed by atoms with E-state index in [-0.39, 0.29) is 0 Å². The van der Waals surface area contributed by atoms with Crippen molar-refractivity contribution in [2.75, 3.05) is 7.05 Å². The first-order valence-electron chi connectivity index (χ1n) is 6.79. The van der Waals surface area contributed by atoms with E-state index in [0.717, 1.165) is 5.92 Å². The summed E-state index contributed by atoms with van der Waals surface area (Å²) in [5.41, 5.74) is 0.416. The van der Waals surface area contributed by atoms with Gasteiger partial charge in [0.15, 0.2) is 0 Å². The Hall–Kier alpha value is -0.0400. The summed E-state index contributed by atoms with van der Waals surface area (Å²) in [4.78, 5) is 0. The SMILES string of the molecule is CCCCCC(CC)(CCC(C)C)NC. The van der Waals surface area contributed by atoms with E-state index in [9.17, 15) is 0 Å². The van der Waals surface area contributed by atoms with Gasteiger partial charge in [-0.1, -0.05) is 47.0 Å². The van der Waals surface area contributed by atoms with Gasteiger partial charge in [0, 0.05) is 5.54 Å². The molecule has 0 rings (SSSR count).